The molecule has 0 aliphatic rings. The van der Waals surface area contributed by atoms with Gasteiger partial charge < -0.3 is 4.90 Å². The van der Waals surface area contributed by atoms with Gasteiger partial charge in [-0.3, -0.25) is 9.78 Å². The van der Waals surface area contributed by atoms with E-state index < -0.39 is 0 Å². The molecule has 25 heavy (non-hydrogen) atoms. The zero-order valence-corrected chi connectivity index (χ0v) is 15.5. The molecule has 1 aromatic carbocycles. The summed E-state index contributed by atoms with van der Waals surface area (Å²) in [6, 6.07) is 18.1. The summed E-state index contributed by atoms with van der Waals surface area (Å²) in [5, 5.41) is 4.14. The predicted octanol–water partition coefficient (Wildman–Crippen LogP) is 4.61. The highest BCUT2D eigenvalue weighted by Gasteiger charge is 2.15. The normalized spacial score (nSPS) is 10.6. The molecule has 0 fully saturated rings. The number of pyridine rings is 1. The Morgan fingerprint density at radius 3 is 2.56 bits per heavy atom. The van der Waals surface area contributed by atoms with Gasteiger partial charge in [0.1, 0.15) is 0 Å². The molecule has 1 amide bonds. The van der Waals surface area contributed by atoms with Gasteiger partial charge in [-0.25, -0.2) is 0 Å². The molecular weight excluding hydrogens is 348 g/mol. The van der Waals surface area contributed by atoms with Crippen LogP contribution in [0.3, 0.4) is 0 Å². The molecule has 0 aliphatic heterocycles. The summed E-state index contributed by atoms with van der Waals surface area (Å²) in [6.45, 7) is 1.17. The molecule has 0 saturated heterocycles. The number of nitrogens with zero attached hydrogens (tertiary/aromatic N) is 2. The van der Waals surface area contributed by atoms with Gasteiger partial charge in [-0.05, 0) is 40.1 Å². The van der Waals surface area contributed by atoms with E-state index in [4.69, 9.17) is 0 Å². The lowest BCUT2D eigenvalue weighted by Gasteiger charge is -2.22. The van der Waals surface area contributed by atoms with Crippen LogP contribution in [0.1, 0.15) is 16.8 Å². The topological polar surface area (TPSA) is 33.2 Å². The third-order valence-corrected chi connectivity index (χ3v) is 5.44. The molecular formula is C20H20N2OS2. The third-order valence-electron chi connectivity index (χ3n) is 3.72. The van der Waals surface area contributed by atoms with Crippen molar-refractivity contribution >= 4 is 29.0 Å². The summed E-state index contributed by atoms with van der Waals surface area (Å²) in [4.78, 5) is 19.0. The largest absolute Gasteiger partial charge is 0.332 e. The lowest BCUT2D eigenvalue weighted by molar-refractivity contribution is -0.129. The van der Waals surface area contributed by atoms with E-state index in [1.54, 1.807) is 29.3 Å². The molecule has 5 heteroatoms. The van der Waals surface area contributed by atoms with Gasteiger partial charge in [0.2, 0.25) is 5.91 Å². The van der Waals surface area contributed by atoms with E-state index in [-0.39, 0.29) is 5.91 Å². The Balaban J connectivity index is 1.60. The molecule has 3 aromatic rings. The second-order valence-corrected chi connectivity index (χ2v) is 7.45. The molecule has 2 heterocycles. The van der Waals surface area contributed by atoms with E-state index in [1.807, 2.05) is 46.7 Å². The van der Waals surface area contributed by atoms with Crippen molar-refractivity contribution < 1.29 is 4.79 Å². The average Bonchev–Trinajstić information content (AvgIpc) is 3.16. The van der Waals surface area contributed by atoms with Crippen molar-refractivity contribution in [2.45, 2.75) is 18.8 Å². The molecule has 3 nitrogen and oxygen atoms in total. The smallest absolute Gasteiger partial charge is 0.233 e. The number of benzene rings is 1. The van der Waals surface area contributed by atoms with Gasteiger partial charge in [0, 0.05) is 18.5 Å². The maximum atomic E-state index is 12.7. The number of hydrogen-bond acceptors (Lipinski definition) is 4. The summed E-state index contributed by atoms with van der Waals surface area (Å²) in [5.41, 5.74) is 3.33. The standard InChI is InChI=1S/C20H20N2OS2/c23-20(16-25-14-17-6-2-1-3-7-17)22(12-18-9-11-24-15-18)13-19-8-4-5-10-21-19/h1-11,15H,12-14,16H2. The molecule has 0 saturated carbocycles. The van der Waals surface area contributed by atoms with E-state index in [9.17, 15) is 4.79 Å². The van der Waals surface area contributed by atoms with E-state index in [2.05, 4.69) is 28.6 Å². The quantitative estimate of drug-likeness (QED) is 0.582. The van der Waals surface area contributed by atoms with E-state index in [0.717, 1.165) is 11.4 Å². The Labute approximate surface area is 156 Å². The molecule has 0 unspecified atom stereocenters. The third kappa shape index (κ3) is 5.73. The van der Waals surface area contributed by atoms with Crippen molar-refractivity contribution in [3.63, 3.8) is 0 Å². The molecule has 0 radical (unpaired) electrons. The number of hydrogen-bond donors (Lipinski definition) is 0. The number of rotatable bonds is 8. The Hall–Kier alpha value is -2.11. The Bertz CT molecular complexity index is 761. The van der Waals surface area contributed by atoms with Crippen LogP contribution in [0.15, 0.2) is 71.6 Å². The molecule has 0 aliphatic carbocycles. The van der Waals surface area contributed by atoms with Gasteiger partial charge in [0.05, 0.1) is 18.0 Å². The molecule has 128 valence electrons. The van der Waals surface area contributed by atoms with E-state index >= 15 is 0 Å². The van der Waals surface area contributed by atoms with E-state index in [1.165, 1.54) is 11.1 Å². The summed E-state index contributed by atoms with van der Waals surface area (Å²) < 4.78 is 0. The lowest BCUT2D eigenvalue weighted by atomic mass is 10.2. The van der Waals surface area contributed by atoms with Crippen molar-refractivity contribution in [1.29, 1.82) is 0 Å². The highest BCUT2D eigenvalue weighted by Crippen LogP contribution is 2.16. The molecule has 2 aromatic heterocycles. The minimum atomic E-state index is 0.151. The Kier molecular flexibility index (Phi) is 6.65. The fourth-order valence-electron chi connectivity index (χ4n) is 2.44. The first-order chi connectivity index (χ1) is 12.3. The van der Waals surface area contributed by atoms with Crippen LogP contribution >= 0.6 is 23.1 Å². The highest BCUT2D eigenvalue weighted by atomic mass is 32.2. The summed E-state index contributed by atoms with van der Waals surface area (Å²) >= 11 is 3.31. The van der Waals surface area contributed by atoms with Gasteiger partial charge in [-0.1, -0.05) is 36.4 Å². The molecule has 0 N–H and O–H groups in total. The zero-order chi connectivity index (χ0) is 17.3. The van der Waals surface area contributed by atoms with Crippen LogP contribution in [-0.4, -0.2) is 21.5 Å². The summed E-state index contributed by atoms with van der Waals surface area (Å²) in [5.74, 6) is 1.48. The van der Waals surface area contributed by atoms with Crippen molar-refractivity contribution in [2.24, 2.45) is 0 Å². The molecule has 3 rings (SSSR count). The second-order valence-electron chi connectivity index (χ2n) is 5.68. The first kappa shape index (κ1) is 17.7. The first-order valence-electron chi connectivity index (χ1n) is 8.12. The number of amides is 1. The minimum absolute atomic E-state index is 0.151. The van der Waals surface area contributed by atoms with Gasteiger partial charge >= 0.3 is 0 Å². The van der Waals surface area contributed by atoms with Crippen LogP contribution in [-0.2, 0) is 23.6 Å². The average molecular weight is 369 g/mol. The number of aromatic nitrogens is 1. The first-order valence-corrected chi connectivity index (χ1v) is 10.2. The fourth-order valence-corrected chi connectivity index (χ4v) is 3.99. The maximum Gasteiger partial charge on any atom is 0.233 e. The molecule has 0 spiro atoms. The van der Waals surface area contributed by atoms with Gasteiger partial charge in [0.15, 0.2) is 0 Å². The summed E-state index contributed by atoms with van der Waals surface area (Å²) in [6.07, 6.45) is 1.77. The number of carbonyl (C=O) groups is 1. The van der Waals surface area contributed by atoms with Crippen molar-refractivity contribution in [2.75, 3.05) is 5.75 Å². The van der Waals surface area contributed by atoms with Crippen LogP contribution in [0.25, 0.3) is 0 Å². The van der Waals surface area contributed by atoms with Crippen molar-refractivity contribution in [3.8, 4) is 0 Å². The lowest BCUT2D eigenvalue weighted by Crippen LogP contribution is -2.31. The highest BCUT2D eigenvalue weighted by molar-refractivity contribution is 7.99. The van der Waals surface area contributed by atoms with Crippen molar-refractivity contribution in [1.82, 2.24) is 9.88 Å². The second kappa shape index (κ2) is 9.39. The van der Waals surface area contributed by atoms with E-state index in [0.29, 0.717) is 18.8 Å². The van der Waals surface area contributed by atoms with Crippen LogP contribution in [0, 0.1) is 0 Å². The maximum absolute atomic E-state index is 12.7. The number of carbonyl (C=O) groups excluding carboxylic acids is 1. The van der Waals surface area contributed by atoms with Crippen LogP contribution in [0.4, 0.5) is 0 Å². The number of thiophene rings is 1. The zero-order valence-electron chi connectivity index (χ0n) is 13.9. The van der Waals surface area contributed by atoms with Gasteiger partial charge in [0.25, 0.3) is 0 Å². The molecule has 0 bridgehead atoms. The number of thioether (sulfide) groups is 1. The van der Waals surface area contributed by atoms with Gasteiger partial charge in [-0.2, -0.15) is 11.3 Å². The fraction of sp³-hybridized carbons (Fsp3) is 0.200. The van der Waals surface area contributed by atoms with Gasteiger partial charge in [-0.15, -0.1) is 11.8 Å². The van der Waals surface area contributed by atoms with Crippen LogP contribution < -0.4 is 0 Å². The summed E-state index contributed by atoms with van der Waals surface area (Å²) in [7, 11) is 0. The monoisotopic (exact) mass is 368 g/mol. The minimum Gasteiger partial charge on any atom is -0.332 e. The Morgan fingerprint density at radius 2 is 1.84 bits per heavy atom. The predicted molar refractivity (Wildman–Crippen MR) is 105 cm³/mol. The molecule has 0 atom stereocenters. The van der Waals surface area contributed by atoms with Crippen LogP contribution in [0.2, 0.25) is 0 Å². The van der Waals surface area contributed by atoms with Crippen LogP contribution in [0.5, 0.6) is 0 Å². The van der Waals surface area contributed by atoms with Crippen molar-refractivity contribution in [3.05, 3.63) is 88.4 Å². The Morgan fingerprint density at radius 1 is 1.00 bits per heavy atom. The SMILES string of the molecule is O=C(CSCc1ccccc1)N(Cc1ccsc1)Cc1ccccn1.